The summed E-state index contributed by atoms with van der Waals surface area (Å²) in [4.78, 5) is 4.00. The molecule has 78 valence electrons. The third-order valence-corrected chi connectivity index (χ3v) is 2.11. The van der Waals surface area contributed by atoms with Crippen LogP contribution < -0.4 is 5.32 Å². The van der Waals surface area contributed by atoms with E-state index in [0.29, 0.717) is 12.4 Å². The van der Waals surface area contributed by atoms with Crippen LogP contribution in [0.25, 0.3) is 10.9 Å². The Kier molecular flexibility index (Phi) is 2.49. The molecule has 0 fully saturated rings. The van der Waals surface area contributed by atoms with Gasteiger partial charge in [0, 0.05) is 11.9 Å². The van der Waals surface area contributed by atoms with Gasteiger partial charge in [-0.15, -0.1) is 0 Å². The SMILES string of the molecule is CCNc1ccc2c(F)ccc(F)c2n1. The van der Waals surface area contributed by atoms with E-state index in [1.807, 2.05) is 6.92 Å². The average molecular weight is 208 g/mol. The van der Waals surface area contributed by atoms with Gasteiger partial charge in [0.15, 0.2) is 0 Å². The molecule has 1 aromatic heterocycles. The second kappa shape index (κ2) is 3.81. The molecule has 2 rings (SSSR count). The lowest BCUT2D eigenvalue weighted by Gasteiger charge is -2.05. The third-order valence-electron chi connectivity index (χ3n) is 2.11. The number of anilines is 1. The van der Waals surface area contributed by atoms with Crippen LogP contribution in [0.5, 0.6) is 0 Å². The Hall–Kier alpha value is -1.71. The highest BCUT2D eigenvalue weighted by Crippen LogP contribution is 2.20. The molecular weight excluding hydrogens is 198 g/mol. The molecule has 15 heavy (non-hydrogen) atoms. The van der Waals surface area contributed by atoms with Crippen LogP contribution in [0.15, 0.2) is 24.3 Å². The molecule has 0 radical (unpaired) electrons. The second-order valence-corrected chi connectivity index (χ2v) is 3.15. The highest BCUT2D eigenvalue weighted by molar-refractivity contribution is 5.81. The summed E-state index contributed by atoms with van der Waals surface area (Å²) >= 11 is 0. The van der Waals surface area contributed by atoms with Gasteiger partial charge >= 0.3 is 0 Å². The van der Waals surface area contributed by atoms with Crippen molar-refractivity contribution in [3.05, 3.63) is 35.9 Å². The summed E-state index contributed by atoms with van der Waals surface area (Å²) in [6.07, 6.45) is 0. The lowest BCUT2D eigenvalue weighted by Crippen LogP contribution is -2.00. The molecule has 0 atom stereocenters. The molecule has 0 saturated heterocycles. The molecule has 0 aliphatic rings. The van der Waals surface area contributed by atoms with E-state index in [4.69, 9.17) is 0 Å². The van der Waals surface area contributed by atoms with E-state index in [1.165, 1.54) is 6.07 Å². The van der Waals surface area contributed by atoms with Gasteiger partial charge in [0.1, 0.15) is 23.0 Å². The molecule has 1 N–H and O–H groups in total. The van der Waals surface area contributed by atoms with Crippen molar-refractivity contribution < 1.29 is 8.78 Å². The average Bonchev–Trinajstić information content (AvgIpc) is 2.24. The van der Waals surface area contributed by atoms with E-state index in [-0.39, 0.29) is 10.9 Å². The van der Waals surface area contributed by atoms with Crippen molar-refractivity contribution in [2.24, 2.45) is 0 Å². The van der Waals surface area contributed by atoms with Crippen molar-refractivity contribution >= 4 is 16.7 Å². The van der Waals surface area contributed by atoms with Crippen LogP contribution in [0, 0.1) is 11.6 Å². The predicted molar refractivity (Wildman–Crippen MR) is 55.8 cm³/mol. The van der Waals surface area contributed by atoms with Gasteiger partial charge in [-0.1, -0.05) is 0 Å². The molecule has 0 spiro atoms. The first-order chi connectivity index (χ1) is 7.22. The van der Waals surface area contributed by atoms with Gasteiger partial charge in [-0.2, -0.15) is 0 Å². The van der Waals surface area contributed by atoms with E-state index in [2.05, 4.69) is 10.3 Å². The van der Waals surface area contributed by atoms with Crippen LogP contribution >= 0.6 is 0 Å². The maximum absolute atomic E-state index is 13.3. The van der Waals surface area contributed by atoms with Crippen molar-refractivity contribution in [1.82, 2.24) is 4.98 Å². The zero-order valence-electron chi connectivity index (χ0n) is 8.22. The van der Waals surface area contributed by atoms with Crippen LogP contribution in [-0.2, 0) is 0 Å². The monoisotopic (exact) mass is 208 g/mol. The molecule has 2 aromatic rings. The minimum atomic E-state index is -0.508. The van der Waals surface area contributed by atoms with Crippen LogP contribution in [0.2, 0.25) is 0 Å². The van der Waals surface area contributed by atoms with Crippen molar-refractivity contribution in [1.29, 1.82) is 0 Å². The number of fused-ring (bicyclic) bond motifs is 1. The number of halogens is 2. The molecule has 1 aromatic carbocycles. The molecule has 0 aliphatic carbocycles. The molecular formula is C11H10F2N2. The molecule has 2 nitrogen and oxygen atoms in total. The zero-order valence-corrected chi connectivity index (χ0v) is 8.22. The molecule has 0 unspecified atom stereocenters. The van der Waals surface area contributed by atoms with Crippen molar-refractivity contribution in [2.45, 2.75) is 6.92 Å². The number of rotatable bonds is 2. The quantitative estimate of drug-likeness (QED) is 0.820. The van der Waals surface area contributed by atoms with Gasteiger partial charge in [0.05, 0.1) is 0 Å². The summed E-state index contributed by atoms with van der Waals surface area (Å²) in [5.41, 5.74) is 0.0634. The summed E-state index contributed by atoms with van der Waals surface area (Å²) in [6, 6.07) is 5.35. The minimum Gasteiger partial charge on any atom is -0.370 e. The van der Waals surface area contributed by atoms with Crippen molar-refractivity contribution in [2.75, 3.05) is 11.9 Å². The fourth-order valence-electron chi connectivity index (χ4n) is 1.43. The zero-order chi connectivity index (χ0) is 10.8. The number of nitrogens with one attached hydrogen (secondary N) is 1. The van der Waals surface area contributed by atoms with Crippen LogP contribution in [-0.4, -0.2) is 11.5 Å². The Bertz CT molecular complexity index is 497. The maximum atomic E-state index is 13.3. The molecule has 0 aliphatic heterocycles. The fourth-order valence-corrected chi connectivity index (χ4v) is 1.43. The van der Waals surface area contributed by atoms with E-state index in [1.54, 1.807) is 6.07 Å². The number of nitrogens with zero attached hydrogens (tertiary/aromatic N) is 1. The summed E-state index contributed by atoms with van der Waals surface area (Å²) in [7, 11) is 0. The Morgan fingerprint density at radius 2 is 1.87 bits per heavy atom. The molecule has 4 heteroatoms. The van der Waals surface area contributed by atoms with Gasteiger partial charge in [0.2, 0.25) is 0 Å². The number of hydrogen-bond acceptors (Lipinski definition) is 2. The van der Waals surface area contributed by atoms with E-state index >= 15 is 0 Å². The molecule has 0 amide bonds. The Morgan fingerprint density at radius 1 is 1.13 bits per heavy atom. The highest BCUT2D eigenvalue weighted by Gasteiger charge is 2.07. The van der Waals surface area contributed by atoms with E-state index < -0.39 is 11.6 Å². The second-order valence-electron chi connectivity index (χ2n) is 3.15. The normalized spacial score (nSPS) is 10.6. The van der Waals surface area contributed by atoms with Gasteiger partial charge in [-0.25, -0.2) is 13.8 Å². The Balaban J connectivity index is 2.65. The lowest BCUT2D eigenvalue weighted by atomic mass is 10.2. The topological polar surface area (TPSA) is 24.9 Å². The van der Waals surface area contributed by atoms with Crippen LogP contribution in [0.1, 0.15) is 6.92 Å². The van der Waals surface area contributed by atoms with Gasteiger partial charge in [0.25, 0.3) is 0 Å². The predicted octanol–water partition coefficient (Wildman–Crippen LogP) is 2.94. The summed E-state index contributed by atoms with van der Waals surface area (Å²) in [6.45, 7) is 2.60. The number of pyridine rings is 1. The van der Waals surface area contributed by atoms with E-state index in [0.717, 1.165) is 12.1 Å². The van der Waals surface area contributed by atoms with Gasteiger partial charge < -0.3 is 5.32 Å². The third kappa shape index (κ3) is 1.75. The first-order valence-electron chi connectivity index (χ1n) is 4.71. The lowest BCUT2D eigenvalue weighted by molar-refractivity contribution is 0.615. The number of aromatic nitrogens is 1. The molecule has 0 bridgehead atoms. The van der Waals surface area contributed by atoms with Gasteiger partial charge in [-0.3, -0.25) is 0 Å². The largest absolute Gasteiger partial charge is 0.370 e. The first-order valence-corrected chi connectivity index (χ1v) is 4.71. The Morgan fingerprint density at radius 3 is 2.60 bits per heavy atom. The van der Waals surface area contributed by atoms with E-state index in [9.17, 15) is 8.78 Å². The summed E-state index contributed by atoms with van der Waals surface area (Å²) < 4.78 is 26.6. The van der Waals surface area contributed by atoms with Gasteiger partial charge in [-0.05, 0) is 31.2 Å². The van der Waals surface area contributed by atoms with Crippen LogP contribution in [0.3, 0.4) is 0 Å². The maximum Gasteiger partial charge on any atom is 0.149 e. The molecule has 1 heterocycles. The van der Waals surface area contributed by atoms with Crippen LogP contribution in [0.4, 0.5) is 14.6 Å². The summed E-state index contributed by atoms with van der Waals surface area (Å²) in [5.74, 6) is -0.414. The smallest absolute Gasteiger partial charge is 0.149 e. The Labute approximate surface area is 85.9 Å². The number of hydrogen-bond donors (Lipinski definition) is 1. The highest BCUT2D eigenvalue weighted by atomic mass is 19.1. The van der Waals surface area contributed by atoms with Crippen molar-refractivity contribution in [3.63, 3.8) is 0 Å². The molecule has 0 saturated carbocycles. The first kappa shape index (κ1) is 9.83. The minimum absolute atomic E-state index is 0.0634. The van der Waals surface area contributed by atoms with Crippen molar-refractivity contribution in [3.8, 4) is 0 Å². The summed E-state index contributed by atoms with van der Waals surface area (Å²) in [5, 5.41) is 3.15. The standard InChI is InChI=1S/C11H10F2N2/c1-2-14-10-6-3-7-8(12)4-5-9(13)11(7)15-10/h3-6H,2H2,1H3,(H,14,15). The number of benzene rings is 1. The fraction of sp³-hybridized carbons (Fsp3) is 0.182.